The number of nitrogens with one attached hydrogen (secondary N) is 1. The van der Waals surface area contributed by atoms with E-state index in [-0.39, 0.29) is 30.4 Å². The Labute approximate surface area is 144 Å². The van der Waals surface area contributed by atoms with Crippen LogP contribution in [0.1, 0.15) is 35.1 Å². The smallest absolute Gasteiger partial charge is 0.226 e. The zero-order chi connectivity index (χ0) is 17.1. The summed E-state index contributed by atoms with van der Waals surface area (Å²) in [6, 6.07) is 1.71. The molecule has 0 aliphatic heterocycles. The van der Waals surface area contributed by atoms with Crippen molar-refractivity contribution in [3.8, 4) is 5.75 Å². The quantitative estimate of drug-likeness (QED) is 0.835. The number of aliphatic hydroxyl groups is 1. The van der Waals surface area contributed by atoms with Gasteiger partial charge in [-0.15, -0.1) is 11.3 Å². The summed E-state index contributed by atoms with van der Waals surface area (Å²) in [4.78, 5) is 20.9. The predicted octanol–water partition coefficient (Wildman–Crippen LogP) is 2.03. The van der Waals surface area contributed by atoms with Gasteiger partial charge in [0.2, 0.25) is 5.91 Å². The number of thiazole rings is 1. The van der Waals surface area contributed by atoms with Gasteiger partial charge in [0.25, 0.3) is 0 Å². The second-order valence-electron chi connectivity index (χ2n) is 6.12. The zero-order valence-electron chi connectivity index (χ0n) is 13.7. The maximum absolute atomic E-state index is 12.4. The SMILES string of the molecule is COc1cncc([C@H](NC(=O)Cc2csc(C)n2)C2CC(O)C2)c1. The summed E-state index contributed by atoms with van der Waals surface area (Å²) < 4.78 is 5.23. The van der Waals surface area contributed by atoms with Gasteiger partial charge in [-0.25, -0.2) is 4.98 Å². The number of hydrogen-bond acceptors (Lipinski definition) is 6. The maximum Gasteiger partial charge on any atom is 0.226 e. The van der Waals surface area contributed by atoms with Crippen LogP contribution in [0.4, 0.5) is 0 Å². The van der Waals surface area contributed by atoms with E-state index in [1.54, 1.807) is 19.5 Å². The van der Waals surface area contributed by atoms with Crippen LogP contribution in [0.15, 0.2) is 23.8 Å². The van der Waals surface area contributed by atoms with Gasteiger partial charge in [-0.2, -0.15) is 0 Å². The van der Waals surface area contributed by atoms with Crippen molar-refractivity contribution < 1.29 is 14.6 Å². The zero-order valence-corrected chi connectivity index (χ0v) is 14.5. The molecule has 3 rings (SSSR count). The van der Waals surface area contributed by atoms with Crippen molar-refractivity contribution >= 4 is 17.2 Å². The number of rotatable bonds is 6. The molecule has 0 bridgehead atoms. The lowest BCUT2D eigenvalue weighted by molar-refractivity contribution is -0.122. The van der Waals surface area contributed by atoms with Crippen LogP contribution in [0.2, 0.25) is 0 Å². The molecule has 0 unspecified atom stereocenters. The Balaban J connectivity index is 1.73. The summed E-state index contributed by atoms with van der Waals surface area (Å²) in [5.74, 6) is 0.784. The van der Waals surface area contributed by atoms with Crippen molar-refractivity contribution in [3.05, 3.63) is 40.1 Å². The van der Waals surface area contributed by atoms with Crippen LogP contribution >= 0.6 is 11.3 Å². The molecule has 24 heavy (non-hydrogen) atoms. The third-order valence-corrected chi connectivity index (χ3v) is 5.10. The first-order chi connectivity index (χ1) is 11.5. The van der Waals surface area contributed by atoms with Gasteiger partial charge in [-0.1, -0.05) is 0 Å². The first-order valence-corrected chi connectivity index (χ1v) is 8.80. The van der Waals surface area contributed by atoms with E-state index in [4.69, 9.17) is 4.74 Å². The van der Waals surface area contributed by atoms with Crippen LogP contribution in [-0.2, 0) is 11.2 Å². The molecule has 0 saturated heterocycles. The van der Waals surface area contributed by atoms with Gasteiger partial charge in [0.05, 0.1) is 42.6 Å². The second-order valence-corrected chi connectivity index (χ2v) is 7.19. The van der Waals surface area contributed by atoms with Gasteiger partial charge < -0.3 is 15.2 Å². The minimum Gasteiger partial charge on any atom is -0.495 e. The summed E-state index contributed by atoms with van der Waals surface area (Å²) in [5, 5.41) is 15.6. The van der Waals surface area contributed by atoms with Crippen LogP contribution in [0, 0.1) is 12.8 Å². The molecule has 0 spiro atoms. The maximum atomic E-state index is 12.4. The number of pyridine rings is 1. The third kappa shape index (κ3) is 3.91. The molecule has 2 aromatic rings. The summed E-state index contributed by atoms with van der Waals surface area (Å²) in [6.07, 6.45) is 4.71. The molecule has 1 fully saturated rings. The molecule has 1 aliphatic rings. The molecule has 0 aromatic carbocycles. The number of aryl methyl sites for hydroxylation is 1. The largest absolute Gasteiger partial charge is 0.495 e. The minimum absolute atomic E-state index is 0.0745. The Bertz CT molecular complexity index is 713. The van der Waals surface area contributed by atoms with E-state index in [1.165, 1.54) is 11.3 Å². The first kappa shape index (κ1) is 16.9. The monoisotopic (exact) mass is 347 g/mol. The normalized spacial score (nSPS) is 21.0. The fraction of sp³-hybridized carbons (Fsp3) is 0.471. The van der Waals surface area contributed by atoms with Crippen LogP contribution in [0.3, 0.4) is 0 Å². The van der Waals surface area contributed by atoms with Crippen molar-refractivity contribution in [3.63, 3.8) is 0 Å². The van der Waals surface area contributed by atoms with Crippen LogP contribution in [0.5, 0.6) is 5.75 Å². The Hall–Kier alpha value is -1.99. The number of carbonyl (C=O) groups is 1. The van der Waals surface area contributed by atoms with Crippen molar-refractivity contribution in [1.82, 2.24) is 15.3 Å². The number of hydrogen-bond donors (Lipinski definition) is 2. The number of ether oxygens (including phenoxy) is 1. The van der Waals surface area contributed by atoms with E-state index in [0.29, 0.717) is 18.6 Å². The topological polar surface area (TPSA) is 84.3 Å². The highest BCUT2D eigenvalue weighted by atomic mass is 32.1. The lowest BCUT2D eigenvalue weighted by atomic mass is 9.75. The molecule has 7 heteroatoms. The highest BCUT2D eigenvalue weighted by Crippen LogP contribution is 2.38. The number of nitrogens with zero attached hydrogens (tertiary/aromatic N) is 2. The molecule has 2 N–H and O–H groups in total. The summed E-state index contributed by atoms with van der Waals surface area (Å²) in [7, 11) is 1.59. The molecule has 2 aromatic heterocycles. The van der Waals surface area contributed by atoms with Gasteiger partial charge in [0.1, 0.15) is 5.75 Å². The van der Waals surface area contributed by atoms with E-state index >= 15 is 0 Å². The molecule has 128 valence electrons. The van der Waals surface area contributed by atoms with E-state index in [9.17, 15) is 9.90 Å². The summed E-state index contributed by atoms with van der Waals surface area (Å²) in [5.41, 5.74) is 1.68. The Kier molecular flexibility index (Phi) is 5.11. The standard InChI is InChI=1S/C17H21N3O3S/c1-10-19-13(9-24-10)6-16(22)20-17(11-3-14(21)4-11)12-5-15(23-2)8-18-7-12/h5,7-9,11,14,17,21H,3-4,6H2,1-2H3,(H,20,22)/t11?,14?,17-/m1/s1. The van der Waals surface area contributed by atoms with Gasteiger partial charge in [0.15, 0.2) is 0 Å². The van der Waals surface area contributed by atoms with Crippen LogP contribution in [-0.4, -0.2) is 34.2 Å². The molecule has 1 amide bonds. The Morgan fingerprint density at radius 1 is 1.50 bits per heavy atom. The molecule has 1 aliphatic carbocycles. The van der Waals surface area contributed by atoms with Gasteiger partial charge in [-0.05, 0) is 37.3 Å². The fourth-order valence-corrected chi connectivity index (χ4v) is 3.58. The number of methoxy groups -OCH3 is 1. The average molecular weight is 347 g/mol. The molecule has 1 atom stereocenters. The first-order valence-electron chi connectivity index (χ1n) is 7.92. The third-order valence-electron chi connectivity index (χ3n) is 4.27. The Morgan fingerprint density at radius 3 is 2.92 bits per heavy atom. The van der Waals surface area contributed by atoms with Crippen molar-refractivity contribution in [2.24, 2.45) is 5.92 Å². The predicted molar refractivity (Wildman–Crippen MR) is 91.0 cm³/mol. The molecule has 2 heterocycles. The van der Waals surface area contributed by atoms with E-state index < -0.39 is 0 Å². The van der Waals surface area contributed by atoms with Crippen LogP contribution in [0.25, 0.3) is 0 Å². The molecule has 6 nitrogen and oxygen atoms in total. The van der Waals surface area contributed by atoms with E-state index in [0.717, 1.165) is 16.3 Å². The van der Waals surface area contributed by atoms with E-state index in [2.05, 4.69) is 15.3 Å². The summed E-state index contributed by atoms with van der Waals surface area (Å²) in [6.45, 7) is 1.92. The lowest BCUT2D eigenvalue weighted by Crippen LogP contribution is -2.42. The fourth-order valence-electron chi connectivity index (χ4n) is 2.97. The van der Waals surface area contributed by atoms with Gasteiger partial charge >= 0.3 is 0 Å². The average Bonchev–Trinajstić information content (AvgIpc) is 2.95. The molecular weight excluding hydrogens is 326 g/mol. The Morgan fingerprint density at radius 2 is 2.29 bits per heavy atom. The molecule has 0 radical (unpaired) electrons. The van der Waals surface area contributed by atoms with Crippen molar-refractivity contribution in [2.45, 2.75) is 38.3 Å². The van der Waals surface area contributed by atoms with Crippen molar-refractivity contribution in [1.29, 1.82) is 0 Å². The van der Waals surface area contributed by atoms with Crippen LogP contribution < -0.4 is 10.1 Å². The van der Waals surface area contributed by atoms with E-state index in [1.807, 2.05) is 18.4 Å². The summed E-state index contributed by atoms with van der Waals surface area (Å²) >= 11 is 1.54. The number of aliphatic hydroxyl groups excluding tert-OH is 1. The van der Waals surface area contributed by atoms with Gasteiger partial charge in [-0.3, -0.25) is 9.78 Å². The molecule has 1 saturated carbocycles. The highest BCUT2D eigenvalue weighted by molar-refractivity contribution is 7.09. The molecular formula is C17H21N3O3S. The lowest BCUT2D eigenvalue weighted by Gasteiger charge is -2.38. The second kappa shape index (κ2) is 7.27. The van der Waals surface area contributed by atoms with Crippen molar-refractivity contribution in [2.75, 3.05) is 7.11 Å². The number of aromatic nitrogens is 2. The minimum atomic E-state index is -0.283. The number of amides is 1. The number of carbonyl (C=O) groups excluding carboxylic acids is 1. The van der Waals surface area contributed by atoms with Gasteiger partial charge in [0, 0.05) is 11.6 Å². The highest BCUT2D eigenvalue weighted by Gasteiger charge is 2.36.